The van der Waals surface area contributed by atoms with Crippen LogP contribution >= 0.6 is 46.0 Å². The largest absolute Gasteiger partial charge is 0.321 e. The number of nitrogens with one attached hydrogen (secondary N) is 1. The van der Waals surface area contributed by atoms with E-state index in [0.29, 0.717) is 10.8 Å². The zero-order valence-electron chi connectivity index (χ0n) is 12.9. The second-order valence-electron chi connectivity index (χ2n) is 5.08. The van der Waals surface area contributed by atoms with E-state index in [2.05, 4.69) is 37.9 Å². The van der Waals surface area contributed by atoms with E-state index in [0.717, 1.165) is 14.9 Å². The topological polar surface area (TPSA) is 54.9 Å². The lowest BCUT2D eigenvalue weighted by atomic mass is 10.2. The predicted octanol–water partition coefficient (Wildman–Crippen LogP) is 5.28. The molecular weight excluding hydrogens is 469 g/mol. The summed E-state index contributed by atoms with van der Waals surface area (Å²) in [7, 11) is 0. The Morgan fingerprint density at radius 2 is 1.84 bits per heavy atom. The van der Waals surface area contributed by atoms with E-state index in [1.54, 1.807) is 0 Å². The van der Waals surface area contributed by atoms with Crippen molar-refractivity contribution in [2.75, 3.05) is 5.32 Å². The average Bonchev–Trinajstić information content (AvgIpc) is 2.64. The number of nitrogens with zero attached hydrogens (tertiary/aromatic N) is 2. The van der Waals surface area contributed by atoms with Crippen molar-refractivity contribution in [3.05, 3.63) is 80.6 Å². The fourth-order valence-electron chi connectivity index (χ4n) is 2.03. The van der Waals surface area contributed by atoms with E-state index in [4.69, 9.17) is 11.6 Å². The van der Waals surface area contributed by atoms with Gasteiger partial charge in [-0.15, -0.1) is 0 Å². The number of halogens is 2. The molecule has 4 nitrogen and oxygen atoms in total. The first-order chi connectivity index (χ1) is 12.1. The SMILES string of the molecule is O=C(Nc1ccc(I)cc1)c1nc(SCc2ccccc2)ncc1Cl. The van der Waals surface area contributed by atoms with Crippen molar-refractivity contribution in [1.82, 2.24) is 9.97 Å². The zero-order chi connectivity index (χ0) is 17.6. The third kappa shape index (κ3) is 5.17. The van der Waals surface area contributed by atoms with Crippen LogP contribution in [-0.2, 0) is 5.75 Å². The Balaban J connectivity index is 1.72. The number of benzene rings is 2. The number of carbonyl (C=O) groups is 1. The molecule has 0 atom stereocenters. The molecular formula is C18H13ClIN3OS. The molecule has 0 radical (unpaired) electrons. The van der Waals surface area contributed by atoms with Gasteiger partial charge in [-0.3, -0.25) is 4.79 Å². The van der Waals surface area contributed by atoms with Crippen molar-refractivity contribution in [3.63, 3.8) is 0 Å². The van der Waals surface area contributed by atoms with Crippen molar-refractivity contribution >= 4 is 57.5 Å². The Kier molecular flexibility index (Phi) is 6.28. The number of carbonyl (C=O) groups excluding carboxylic acids is 1. The van der Waals surface area contributed by atoms with Crippen LogP contribution in [0.15, 0.2) is 66.0 Å². The van der Waals surface area contributed by atoms with Gasteiger partial charge in [0.05, 0.1) is 11.2 Å². The molecule has 1 N–H and O–H groups in total. The van der Waals surface area contributed by atoms with Gasteiger partial charge in [0, 0.05) is 15.0 Å². The zero-order valence-corrected chi connectivity index (χ0v) is 16.7. The van der Waals surface area contributed by atoms with Crippen molar-refractivity contribution in [1.29, 1.82) is 0 Å². The van der Waals surface area contributed by atoms with Gasteiger partial charge >= 0.3 is 0 Å². The molecule has 7 heteroatoms. The lowest BCUT2D eigenvalue weighted by Gasteiger charge is -2.07. The highest BCUT2D eigenvalue weighted by Gasteiger charge is 2.15. The number of hydrogen-bond acceptors (Lipinski definition) is 4. The number of amides is 1. The van der Waals surface area contributed by atoms with Crippen LogP contribution < -0.4 is 5.32 Å². The minimum absolute atomic E-state index is 0.172. The normalized spacial score (nSPS) is 10.5. The first kappa shape index (κ1) is 18.2. The summed E-state index contributed by atoms with van der Waals surface area (Å²) >= 11 is 9.77. The summed E-state index contributed by atoms with van der Waals surface area (Å²) in [6.07, 6.45) is 1.46. The fraction of sp³-hybridized carbons (Fsp3) is 0.0556. The monoisotopic (exact) mass is 481 g/mol. The van der Waals surface area contributed by atoms with Gasteiger partial charge in [0.2, 0.25) is 0 Å². The third-order valence-corrected chi connectivity index (χ3v) is 5.18. The number of thioether (sulfide) groups is 1. The van der Waals surface area contributed by atoms with Gasteiger partial charge in [-0.1, -0.05) is 53.7 Å². The lowest BCUT2D eigenvalue weighted by molar-refractivity contribution is 0.102. The molecule has 1 aromatic heterocycles. The van der Waals surface area contributed by atoms with E-state index in [-0.39, 0.29) is 16.6 Å². The Labute approximate surface area is 168 Å². The molecule has 0 saturated heterocycles. The highest BCUT2D eigenvalue weighted by Crippen LogP contribution is 2.22. The Hall–Kier alpha value is -1.64. The highest BCUT2D eigenvalue weighted by molar-refractivity contribution is 14.1. The third-order valence-electron chi connectivity index (χ3n) is 3.25. The minimum Gasteiger partial charge on any atom is -0.321 e. The summed E-state index contributed by atoms with van der Waals surface area (Å²) < 4.78 is 1.09. The Bertz CT molecular complexity index is 875. The molecule has 1 amide bonds. The second-order valence-corrected chi connectivity index (χ2v) is 7.68. The van der Waals surface area contributed by atoms with Crippen LogP contribution in [0.3, 0.4) is 0 Å². The summed E-state index contributed by atoms with van der Waals surface area (Å²) in [6.45, 7) is 0. The summed E-state index contributed by atoms with van der Waals surface area (Å²) in [5.41, 5.74) is 2.03. The molecule has 0 saturated carbocycles. The number of hydrogen-bond donors (Lipinski definition) is 1. The van der Waals surface area contributed by atoms with Gasteiger partial charge in [0.25, 0.3) is 5.91 Å². The predicted molar refractivity (Wildman–Crippen MR) is 110 cm³/mol. The van der Waals surface area contributed by atoms with Crippen LogP contribution in [0.25, 0.3) is 0 Å². The van der Waals surface area contributed by atoms with Gasteiger partial charge in [0.15, 0.2) is 10.9 Å². The molecule has 2 aromatic carbocycles. The summed E-state index contributed by atoms with van der Waals surface area (Å²) in [5.74, 6) is 0.371. The van der Waals surface area contributed by atoms with Crippen molar-refractivity contribution in [3.8, 4) is 0 Å². The maximum absolute atomic E-state index is 12.4. The van der Waals surface area contributed by atoms with Crippen LogP contribution in [0.2, 0.25) is 5.02 Å². The molecule has 0 unspecified atom stereocenters. The lowest BCUT2D eigenvalue weighted by Crippen LogP contribution is -2.15. The molecule has 0 aliphatic heterocycles. The molecule has 25 heavy (non-hydrogen) atoms. The molecule has 0 fully saturated rings. The molecule has 126 valence electrons. The maximum Gasteiger partial charge on any atom is 0.275 e. The summed E-state index contributed by atoms with van der Waals surface area (Å²) in [4.78, 5) is 21.0. The highest BCUT2D eigenvalue weighted by atomic mass is 127. The van der Waals surface area contributed by atoms with Gasteiger partial charge in [-0.05, 0) is 52.4 Å². The quantitative estimate of drug-likeness (QED) is 0.306. The van der Waals surface area contributed by atoms with Crippen LogP contribution in [0.5, 0.6) is 0 Å². The molecule has 0 aliphatic carbocycles. The van der Waals surface area contributed by atoms with Crippen LogP contribution in [0.1, 0.15) is 16.1 Å². The smallest absolute Gasteiger partial charge is 0.275 e. The van der Waals surface area contributed by atoms with E-state index in [9.17, 15) is 4.79 Å². The van der Waals surface area contributed by atoms with Gasteiger partial charge in [-0.25, -0.2) is 9.97 Å². The molecule has 0 aliphatic rings. The van der Waals surface area contributed by atoms with Crippen LogP contribution in [0.4, 0.5) is 5.69 Å². The van der Waals surface area contributed by atoms with E-state index in [1.807, 2.05) is 54.6 Å². The van der Waals surface area contributed by atoms with Crippen LogP contribution in [0, 0.1) is 3.57 Å². The standard InChI is InChI=1S/C18H13ClIN3OS/c19-15-10-21-18(25-11-12-4-2-1-3-5-12)23-16(15)17(24)22-14-8-6-13(20)7-9-14/h1-10H,11H2,(H,22,24). The van der Waals surface area contributed by atoms with E-state index < -0.39 is 0 Å². The van der Waals surface area contributed by atoms with E-state index in [1.165, 1.54) is 18.0 Å². The summed E-state index contributed by atoms with van der Waals surface area (Å²) in [5, 5.41) is 3.54. The molecule has 3 rings (SSSR count). The number of rotatable bonds is 5. The molecule has 3 aromatic rings. The first-order valence-corrected chi connectivity index (χ1v) is 9.82. The summed E-state index contributed by atoms with van der Waals surface area (Å²) in [6, 6.07) is 17.5. The second kappa shape index (κ2) is 8.64. The Morgan fingerprint density at radius 3 is 2.56 bits per heavy atom. The van der Waals surface area contributed by atoms with Crippen molar-refractivity contribution in [2.45, 2.75) is 10.9 Å². The van der Waals surface area contributed by atoms with Crippen LogP contribution in [-0.4, -0.2) is 15.9 Å². The van der Waals surface area contributed by atoms with E-state index >= 15 is 0 Å². The van der Waals surface area contributed by atoms with Crippen molar-refractivity contribution < 1.29 is 4.79 Å². The minimum atomic E-state index is -0.352. The average molecular weight is 482 g/mol. The van der Waals surface area contributed by atoms with Crippen molar-refractivity contribution in [2.24, 2.45) is 0 Å². The molecule has 0 spiro atoms. The maximum atomic E-state index is 12.4. The van der Waals surface area contributed by atoms with Gasteiger partial charge in [-0.2, -0.15) is 0 Å². The van der Waals surface area contributed by atoms with Gasteiger partial charge < -0.3 is 5.32 Å². The molecule has 1 heterocycles. The fourth-order valence-corrected chi connectivity index (χ4v) is 3.33. The Morgan fingerprint density at radius 1 is 1.12 bits per heavy atom. The number of anilines is 1. The number of aromatic nitrogens is 2. The van der Waals surface area contributed by atoms with Gasteiger partial charge in [0.1, 0.15) is 0 Å². The first-order valence-electron chi connectivity index (χ1n) is 7.38. The molecule has 0 bridgehead atoms.